The largest absolute Gasteiger partial charge is 0.264 e. The molecule has 3 nitrogen and oxygen atoms in total. The van der Waals surface area contributed by atoms with Gasteiger partial charge in [-0.2, -0.15) is 0 Å². The highest BCUT2D eigenvalue weighted by Gasteiger charge is 2.29. The molecule has 3 heteroatoms. The summed E-state index contributed by atoms with van der Waals surface area (Å²) in [4.78, 5) is 4.35. The fourth-order valence-corrected chi connectivity index (χ4v) is 3.61. The van der Waals surface area contributed by atoms with E-state index < -0.39 is 0 Å². The summed E-state index contributed by atoms with van der Waals surface area (Å²) in [5.41, 5.74) is 4.17. The van der Waals surface area contributed by atoms with Gasteiger partial charge in [-0.3, -0.25) is 4.98 Å². The molecule has 0 fully saturated rings. The highest BCUT2D eigenvalue weighted by molar-refractivity contribution is 5.88. The molecule has 1 aliphatic heterocycles. The van der Waals surface area contributed by atoms with E-state index in [2.05, 4.69) is 71.6 Å². The molecule has 3 aromatic rings. The Bertz CT molecular complexity index is 827. The molecule has 1 atom stereocenters. The van der Waals surface area contributed by atoms with Gasteiger partial charge in [0.25, 0.3) is 0 Å². The molecule has 0 radical (unpaired) electrons. The number of hydrogen-bond acceptors (Lipinski definition) is 3. The van der Waals surface area contributed by atoms with Crippen LogP contribution in [-0.2, 0) is 6.54 Å². The van der Waals surface area contributed by atoms with Gasteiger partial charge in [0.1, 0.15) is 0 Å². The second-order valence-corrected chi connectivity index (χ2v) is 6.39. The molecule has 0 spiro atoms. The molecule has 23 heavy (non-hydrogen) atoms. The summed E-state index contributed by atoms with van der Waals surface area (Å²) < 4.78 is 0. The van der Waals surface area contributed by atoms with E-state index in [0.717, 1.165) is 13.1 Å². The van der Waals surface area contributed by atoms with Gasteiger partial charge in [0.2, 0.25) is 0 Å². The molecule has 4 rings (SSSR count). The van der Waals surface area contributed by atoms with Crippen LogP contribution in [0, 0.1) is 0 Å². The zero-order valence-corrected chi connectivity index (χ0v) is 13.6. The standard InChI is InChI=1S/C20H21N3/c1-22(2)23-13-17-10-9-15-6-3-4-8-18(15)20(17)19(14-23)16-7-5-11-21-12-16/h3-12,19H,13-14H2,1-2H3. The van der Waals surface area contributed by atoms with Crippen LogP contribution in [0.25, 0.3) is 10.8 Å². The van der Waals surface area contributed by atoms with Gasteiger partial charge in [-0.25, -0.2) is 10.0 Å². The number of aromatic nitrogens is 1. The van der Waals surface area contributed by atoms with Crippen LogP contribution in [0.5, 0.6) is 0 Å². The van der Waals surface area contributed by atoms with Gasteiger partial charge < -0.3 is 0 Å². The molecular formula is C20H21N3. The first kappa shape index (κ1) is 14.4. The molecule has 1 aromatic heterocycles. The topological polar surface area (TPSA) is 19.4 Å². The number of benzene rings is 2. The van der Waals surface area contributed by atoms with Crippen molar-refractivity contribution in [1.29, 1.82) is 0 Å². The molecule has 0 saturated carbocycles. The van der Waals surface area contributed by atoms with Crippen molar-refractivity contribution < 1.29 is 0 Å². The molecule has 116 valence electrons. The van der Waals surface area contributed by atoms with Crippen LogP contribution in [0.4, 0.5) is 0 Å². The predicted molar refractivity (Wildman–Crippen MR) is 94.1 cm³/mol. The number of fused-ring (bicyclic) bond motifs is 3. The smallest absolute Gasteiger partial charge is 0.0387 e. The molecule has 0 aliphatic carbocycles. The van der Waals surface area contributed by atoms with E-state index >= 15 is 0 Å². The summed E-state index contributed by atoms with van der Waals surface area (Å²) in [6.45, 7) is 1.95. The lowest BCUT2D eigenvalue weighted by molar-refractivity contribution is 0.00626. The van der Waals surface area contributed by atoms with Crippen molar-refractivity contribution in [2.45, 2.75) is 12.5 Å². The third-order valence-corrected chi connectivity index (χ3v) is 4.81. The van der Waals surface area contributed by atoms with Gasteiger partial charge in [0.15, 0.2) is 0 Å². The quantitative estimate of drug-likeness (QED) is 0.720. The molecule has 1 unspecified atom stereocenters. The average molecular weight is 303 g/mol. The Kier molecular flexibility index (Phi) is 3.60. The van der Waals surface area contributed by atoms with Crippen LogP contribution in [0.15, 0.2) is 60.9 Å². The third-order valence-electron chi connectivity index (χ3n) is 4.81. The molecule has 1 aliphatic rings. The number of hydrogen-bond donors (Lipinski definition) is 0. The average Bonchev–Trinajstić information content (AvgIpc) is 2.61. The number of hydrazine groups is 1. The van der Waals surface area contributed by atoms with Crippen molar-refractivity contribution in [2.24, 2.45) is 0 Å². The zero-order chi connectivity index (χ0) is 15.8. The fourth-order valence-electron chi connectivity index (χ4n) is 3.61. The first-order chi connectivity index (χ1) is 11.2. The maximum absolute atomic E-state index is 4.35. The van der Waals surface area contributed by atoms with Gasteiger partial charge in [-0.05, 0) is 33.5 Å². The molecule has 0 N–H and O–H groups in total. The van der Waals surface area contributed by atoms with Crippen molar-refractivity contribution in [3.05, 3.63) is 77.6 Å². The van der Waals surface area contributed by atoms with Gasteiger partial charge in [0.05, 0.1) is 0 Å². The molecule has 2 aromatic carbocycles. The Morgan fingerprint density at radius 2 is 1.91 bits per heavy atom. The number of rotatable bonds is 2. The SMILES string of the molecule is CN(C)N1Cc2ccc3ccccc3c2C(c2cccnc2)C1. The van der Waals surface area contributed by atoms with Crippen LogP contribution >= 0.6 is 0 Å². The van der Waals surface area contributed by atoms with E-state index in [0.29, 0.717) is 5.92 Å². The van der Waals surface area contributed by atoms with E-state index in [-0.39, 0.29) is 0 Å². The summed E-state index contributed by atoms with van der Waals surface area (Å²) in [5, 5.41) is 7.28. The predicted octanol–water partition coefficient (Wildman–Crippen LogP) is 3.66. The van der Waals surface area contributed by atoms with Gasteiger partial charge in [-0.15, -0.1) is 0 Å². The zero-order valence-electron chi connectivity index (χ0n) is 13.6. The monoisotopic (exact) mass is 303 g/mol. The summed E-state index contributed by atoms with van der Waals surface area (Å²) in [7, 11) is 4.23. The normalized spacial score (nSPS) is 18.3. The maximum atomic E-state index is 4.35. The Morgan fingerprint density at radius 3 is 2.70 bits per heavy atom. The van der Waals surface area contributed by atoms with E-state index in [1.54, 1.807) is 0 Å². The summed E-state index contributed by atoms with van der Waals surface area (Å²) in [5.74, 6) is 0.348. The molecule has 2 heterocycles. The maximum Gasteiger partial charge on any atom is 0.0387 e. The van der Waals surface area contributed by atoms with Crippen molar-refractivity contribution in [3.63, 3.8) is 0 Å². The molecule has 0 bridgehead atoms. The van der Waals surface area contributed by atoms with Crippen molar-refractivity contribution in [1.82, 2.24) is 15.0 Å². The van der Waals surface area contributed by atoms with Crippen molar-refractivity contribution in [3.8, 4) is 0 Å². The Morgan fingerprint density at radius 1 is 1.04 bits per heavy atom. The Labute approximate surface area is 137 Å². The van der Waals surface area contributed by atoms with E-state index in [1.807, 2.05) is 18.5 Å². The lowest BCUT2D eigenvalue weighted by atomic mass is 9.82. The van der Waals surface area contributed by atoms with Crippen LogP contribution in [0.2, 0.25) is 0 Å². The van der Waals surface area contributed by atoms with Gasteiger partial charge in [-0.1, -0.05) is 42.5 Å². The van der Waals surface area contributed by atoms with Crippen LogP contribution in [0.1, 0.15) is 22.6 Å². The second-order valence-electron chi connectivity index (χ2n) is 6.39. The van der Waals surface area contributed by atoms with E-state index in [4.69, 9.17) is 0 Å². The van der Waals surface area contributed by atoms with Gasteiger partial charge >= 0.3 is 0 Å². The summed E-state index contributed by atoms with van der Waals surface area (Å²) in [6, 6.07) is 17.5. The lowest BCUT2D eigenvalue weighted by Gasteiger charge is -2.39. The minimum atomic E-state index is 0.348. The minimum absolute atomic E-state index is 0.348. The highest BCUT2D eigenvalue weighted by atomic mass is 15.6. The fraction of sp³-hybridized carbons (Fsp3) is 0.250. The first-order valence-electron chi connectivity index (χ1n) is 8.06. The van der Waals surface area contributed by atoms with Crippen molar-refractivity contribution >= 4 is 10.8 Å². The first-order valence-corrected chi connectivity index (χ1v) is 8.06. The van der Waals surface area contributed by atoms with Crippen LogP contribution in [0.3, 0.4) is 0 Å². The summed E-state index contributed by atoms with van der Waals surface area (Å²) >= 11 is 0. The molecule has 0 amide bonds. The lowest BCUT2D eigenvalue weighted by Crippen LogP contribution is -2.42. The summed E-state index contributed by atoms with van der Waals surface area (Å²) in [6.07, 6.45) is 3.86. The van der Waals surface area contributed by atoms with Crippen LogP contribution in [-0.4, -0.2) is 35.6 Å². The highest BCUT2D eigenvalue weighted by Crippen LogP contribution is 2.38. The number of pyridine rings is 1. The third kappa shape index (κ3) is 2.52. The Balaban J connectivity index is 1.94. The number of nitrogens with zero attached hydrogens (tertiary/aromatic N) is 3. The molecular weight excluding hydrogens is 282 g/mol. The van der Waals surface area contributed by atoms with Crippen molar-refractivity contribution in [2.75, 3.05) is 20.6 Å². The van der Waals surface area contributed by atoms with Gasteiger partial charge in [0, 0.05) is 45.5 Å². The molecule has 0 saturated heterocycles. The Hall–Kier alpha value is -2.23. The second kappa shape index (κ2) is 5.76. The minimum Gasteiger partial charge on any atom is -0.264 e. The van der Waals surface area contributed by atoms with E-state index in [9.17, 15) is 0 Å². The van der Waals surface area contributed by atoms with E-state index in [1.165, 1.54) is 27.5 Å². The van der Waals surface area contributed by atoms with Crippen LogP contribution < -0.4 is 0 Å².